The predicted molar refractivity (Wildman–Crippen MR) is 39.3 cm³/mol. The minimum absolute atomic E-state index is 0.0486. The van der Waals surface area contributed by atoms with E-state index in [9.17, 15) is 0 Å². The van der Waals surface area contributed by atoms with Crippen LogP contribution in [0.15, 0.2) is 0 Å². The highest BCUT2D eigenvalue weighted by Gasteiger charge is 2.06. The molecule has 0 aromatic carbocycles. The third kappa shape index (κ3) is 4.99. The van der Waals surface area contributed by atoms with Crippen LogP contribution < -0.4 is 0 Å². The van der Waals surface area contributed by atoms with E-state index in [4.69, 9.17) is 25.8 Å². The Morgan fingerprint density at radius 1 is 1.20 bits per heavy atom. The molecule has 0 rings (SSSR count). The molecule has 0 atom stereocenters. The number of ether oxygens (including phenoxy) is 3. The van der Waals surface area contributed by atoms with Crippen molar-refractivity contribution in [3.63, 3.8) is 0 Å². The molecular formula is C6H13ClO3. The zero-order chi connectivity index (χ0) is 7.82. The topological polar surface area (TPSA) is 27.7 Å². The molecule has 0 amide bonds. The summed E-state index contributed by atoms with van der Waals surface area (Å²) in [5.41, 5.74) is 0. The Morgan fingerprint density at radius 3 is 2.00 bits per heavy atom. The van der Waals surface area contributed by atoms with Gasteiger partial charge in [-0.1, -0.05) is 11.6 Å². The zero-order valence-corrected chi connectivity index (χ0v) is 7.06. The van der Waals surface area contributed by atoms with Crippen LogP contribution >= 0.6 is 11.6 Å². The van der Waals surface area contributed by atoms with Gasteiger partial charge < -0.3 is 14.2 Å². The van der Waals surface area contributed by atoms with Gasteiger partial charge in [0.25, 0.3) is 0 Å². The summed E-state index contributed by atoms with van der Waals surface area (Å²) in [6.07, 6.45) is -0.0486. The molecule has 0 aromatic heterocycles. The molecule has 4 heteroatoms. The average Bonchev–Trinajstić information content (AvgIpc) is 1.90. The van der Waals surface area contributed by atoms with Crippen molar-refractivity contribution in [1.82, 2.24) is 0 Å². The smallest absolute Gasteiger partial charge is 0.121 e. The van der Waals surface area contributed by atoms with Crippen molar-refractivity contribution in [2.24, 2.45) is 0 Å². The van der Waals surface area contributed by atoms with Crippen molar-refractivity contribution in [3.8, 4) is 0 Å². The Bertz CT molecular complexity index is 55.7. The molecule has 0 spiro atoms. The fraction of sp³-hybridized carbons (Fsp3) is 1.00. The third-order valence-electron chi connectivity index (χ3n) is 1.00. The Kier molecular flexibility index (Phi) is 7.40. The first-order valence-electron chi connectivity index (χ1n) is 3.00. The SMILES string of the molecule is COCC(COC)OCCl. The summed E-state index contributed by atoms with van der Waals surface area (Å²) in [6, 6.07) is 0.178. The molecule has 0 aromatic rings. The van der Waals surface area contributed by atoms with Gasteiger partial charge in [-0.3, -0.25) is 0 Å². The van der Waals surface area contributed by atoms with Gasteiger partial charge in [0.15, 0.2) is 0 Å². The van der Waals surface area contributed by atoms with Gasteiger partial charge in [0.2, 0.25) is 0 Å². The first-order chi connectivity index (χ1) is 4.85. The molecule has 0 fully saturated rings. The molecule has 0 unspecified atom stereocenters. The van der Waals surface area contributed by atoms with E-state index in [1.54, 1.807) is 14.2 Å². The van der Waals surface area contributed by atoms with Crippen LogP contribution in [-0.4, -0.2) is 39.6 Å². The van der Waals surface area contributed by atoms with Crippen molar-refractivity contribution in [3.05, 3.63) is 0 Å². The lowest BCUT2D eigenvalue weighted by atomic mass is 10.4. The molecule has 0 N–H and O–H groups in total. The summed E-state index contributed by atoms with van der Waals surface area (Å²) >= 11 is 5.33. The van der Waals surface area contributed by atoms with Gasteiger partial charge in [-0.15, -0.1) is 0 Å². The highest BCUT2D eigenvalue weighted by atomic mass is 35.5. The van der Waals surface area contributed by atoms with Crippen LogP contribution in [0.1, 0.15) is 0 Å². The van der Waals surface area contributed by atoms with Gasteiger partial charge in [-0.05, 0) is 0 Å². The monoisotopic (exact) mass is 168 g/mol. The van der Waals surface area contributed by atoms with Crippen molar-refractivity contribution in [1.29, 1.82) is 0 Å². The molecule has 0 heterocycles. The fourth-order valence-corrected chi connectivity index (χ4v) is 0.783. The largest absolute Gasteiger partial charge is 0.382 e. The quantitative estimate of drug-likeness (QED) is 0.551. The van der Waals surface area contributed by atoms with Gasteiger partial charge in [-0.2, -0.15) is 0 Å². The maximum absolute atomic E-state index is 5.33. The first-order valence-corrected chi connectivity index (χ1v) is 3.54. The van der Waals surface area contributed by atoms with Gasteiger partial charge in [0, 0.05) is 14.2 Å². The minimum atomic E-state index is -0.0486. The van der Waals surface area contributed by atoms with E-state index in [1.165, 1.54) is 0 Å². The van der Waals surface area contributed by atoms with Crippen molar-refractivity contribution in [2.45, 2.75) is 6.10 Å². The predicted octanol–water partition coefficient (Wildman–Crippen LogP) is 0.861. The summed E-state index contributed by atoms with van der Waals surface area (Å²) in [5.74, 6) is 0. The van der Waals surface area contributed by atoms with Crippen LogP contribution in [0.4, 0.5) is 0 Å². The Labute approximate surface area is 66.2 Å². The second-order valence-electron chi connectivity index (χ2n) is 1.81. The minimum Gasteiger partial charge on any atom is -0.382 e. The molecule has 0 saturated carbocycles. The molecule has 10 heavy (non-hydrogen) atoms. The van der Waals surface area contributed by atoms with E-state index in [0.717, 1.165) is 0 Å². The summed E-state index contributed by atoms with van der Waals surface area (Å²) in [5, 5.41) is 0. The van der Waals surface area contributed by atoms with Crippen molar-refractivity contribution >= 4 is 11.6 Å². The number of methoxy groups -OCH3 is 2. The number of halogens is 1. The Morgan fingerprint density at radius 2 is 1.70 bits per heavy atom. The molecular weight excluding hydrogens is 156 g/mol. The molecule has 0 bridgehead atoms. The lowest BCUT2D eigenvalue weighted by molar-refractivity contribution is -0.0250. The lowest BCUT2D eigenvalue weighted by Gasteiger charge is -2.13. The lowest BCUT2D eigenvalue weighted by Crippen LogP contribution is -2.23. The van der Waals surface area contributed by atoms with Crippen LogP contribution in [0.3, 0.4) is 0 Å². The molecule has 3 nitrogen and oxygen atoms in total. The van der Waals surface area contributed by atoms with Crippen molar-refractivity contribution < 1.29 is 14.2 Å². The fourth-order valence-electron chi connectivity index (χ4n) is 0.605. The molecule has 0 aliphatic carbocycles. The maximum atomic E-state index is 5.33. The molecule has 62 valence electrons. The number of hydrogen-bond acceptors (Lipinski definition) is 3. The van der Waals surface area contributed by atoms with E-state index >= 15 is 0 Å². The second kappa shape index (κ2) is 7.28. The van der Waals surface area contributed by atoms with E-state index in [1.807, 2.05) is 0 Å². The van der Waals surface area contributed by atoms with Gasteiger partial charge >= 0.3 is 0 Å². The first kappa shape index (κ1) is 10.2. The highest BCUT2D eigenvalue weighted by Crippen LogP contribution is 1.94. The summed E-state index contributed by atoms with van der Waals surface area (Å²) in [4.78, 5) is 0. The highest BCUT2D eigenvalue weighted by molar-refractivity contribution is 6.17. The third-order valence-corrected chi connectivity index (χ3v) is 1.13. The Balaban J connectivity index is 3.30. The van der Waals surface area contributed by atoms with Crippen LogP contribution in [0.2, 0.25) is 0 Å². The molecule has 0 radical (unpaired) electrons. The number of rotatable bonds is 6. The maximum Gasteiger partial charge on any atom is 0.121 e. The zero-order valence-electron chi connectivity index (χ0n) is 6.30. The van der Waals surface area contributed by atoms with Gasteiger partial charge in [-0.25, -0.2) is 0 Å². The van der Waals surface area contributed by atoms with E-state index in [2.05, 4.69) is 0 Å². The Hall–Kier alpha value is 0.170. The van der Waals surface area contributed by atoms with Crippen molar-refractivity contribution in [2.75, 3.05) is 33.5 Å². The van der Waals surface area contributed by atoms with Crippen LogP contribution in [0, 0.1) is 0 Å². The molecule has 0 aliphatic heterocycles. The molecule has 0 aliphatic rings. The van der Waals surface area contributed by atoms with E-state index in [-0.39, 0.29) is 12.2 Å². The van der Waals surface area contributed by atoms with E-state index in [0.29, 0.717) is 13.2 Å². The molecule has 0 saturated heterocycles. The van der Waals surface area contributed by atoms with Crippen LogP contribution in [0.5, 0.6) is 0 Å². The number of alkyl halides is 1. The van der Waals surface area contributed by atoms with Crippen LogP contribution in [0.25, 0.3) is 0 Å². The van der Waals surface area contributed by atoms with Gasteiger partial charge in [0.1, 0.15) is 12.2 Å². The van der Waals surface area contributed by atoms with Crippen LogP contribution in [-0.2, 0) is 14.2 Å². The average molecular weight is 169 g/mol. The summed E-state index contributed by atoms with van der Waals surface area (Å²) in [7, 11) is 3.22. The summed E-state index contributed by atoms with van der Waals surface area (Å²) in [6.45, 7) is 1.03. The normalized spacial score (nSPS) is 10.8. The van der Waals surface area contributed by atoms with E-state index < -0.39 is 0 Å². The van der Waals surface area contributed by atoms with Gasteiger partial charge in [0.05, 0.1) is 13.2 Å². The standard InChI is InChI=1S/C6H13ClO3/c1-8-3-6(4-9-2)10-5-7/h6H,3-5H2,1-2H3. The summed E-state index contributed by atoms with van der Waals surface area (Å²) < 4.78 is 14.7. The second-order valence-corrected chi connectivity index (χ2v) is 2.03. The number of hydrogen-bond donors (Lipinski definition) is 0.